The molecule has 2 fully saturated rings. The van der Waals surface area contributed by atoms with Crippen LogP contribution in [0.3, 0.4) is 0 Å². The number of nitrogens with one attached hydrogen (secondary N) is 1. The van der Waals surface area contributed by atoms with Crippen molar-refractivity contribution in [1.82, 2.24) is 20.0 Å². The summed E-state index contributed by atoms with van der Waals surface area (Å²) < 4.78 is 14.0. The minimum Gasteiger partial charge on any atom is -0.352 e. The number of benzene rings is 1. The number of piperazine rings is 1. The van der Waals surface area contributed by atoms with Gasteiger partial charge >= 0.3 is 0 Å². The minimum absolute atomic E-state index is 0.104. The normalized spacial score (nSPS) is 19.2. The molecule has 7 nitrogen and oxygen atoms in total. The number of carbonyl (C=O) groups excluding carboxylic acids is 1. The van der Waals surface area contributed by atoms with Crippen LogP contribution in [0.4, 0.5) is 4.39 Å². The minimum atomic E-state index is -0.342. The molecular weight excluding hydrogens is 371 g/mol. The fraction of sp³-hybridized carbons (Fsp3) is 0.571. The van der Waals surface area contributed by atoms with Crippen LogP contribution in [0.1, 0.15) is 30.9 Å². The van der Waals surface area contributed by atoms with Gasteiger partial charge in [0.1, 0.15) is 5.82 Å². The highest BCUT2D eigenvalue weighted by Crippen LogP contribution is 2.14. The maximum absolute atomic E-state index is 14.0. The van der Waals surface area contributed by atoms with Crippen LogP contribution >= 0.6 is 0 Å². The SMILES string of the molecule is CN=C(NCc1cc(C#N)ccc1F)N1CCN(C(C)C(=O)N2CCCC2)CC1. The average Bonchev–Trinajstić information content (AvgIpc) is 3.29. The second kappa shape index (κ2) is 9.70. The summed E-state index contributed by atoms with van der Waals surface area (Å²) in [7, 11) is 1.70. The van der Waals surface area contributed by atoms with Crippen molar-refractivity contribution in [3.63, 3.8) is 0 Å². The lowest BCUT2D eigenvalue weighted by Crippen LogP contribution is -2.57. The zero-order valence-corrected chi connectivity index (χ0v) is 17.2. The summed E-state index contributed by atoms with van der Waals surface area (Å²) in [6, 6.07) is 6.27. The third-order valence-electron chi connectivity index (χ3n) is 5.76. The fourth-order valence-corrected chi connectivity index (χ4v) is 3.97. The Balaban J connectivity index is 1.52. The number of amides is 1. The van der Waals surface area contributed by atoms with Gasteiger partial charge in [-0.3, -0.25) is 14.7 Å². The first-order chi connectivity index (χ1) is 14.0. The van der Waals surface area contributed by atoms with Gasteiger partial charge in [0.25, 0.3) is 0 Å². The lowest BCUT2D eigenvalue weighted by atomic mass is 10.1. The zero-order chi connectivity index (χ0) is 20.8. The molecule has 1 amide bonds. The van der Waals surface area contributed by atoms with Crippen LogP contribution in [0.25, 0.3) is 0 Å². The number of rotatable bonds is 4. The standard InChI is InChI=1S/C21H29FN6O/c1-16(20(29)27-7-3-4-8-27)26-9-11-28(12-10-26)21(24-2)25-15-18-13-17(14-23)5-6-19(18)22/h5-6,13,16H,3-4,7-12,15H2,1-2H3,(H,24,25). The Morgan fingerprint density at radius 3 is 2.52 bits per heavy atom. The summed E-state index contributed by atoms with van der Waals surface area (Å²) in [6.07, 6.45) is 2.21. The van der Waals surface area contributed by atoms with Gasteiger partial charge < -0.3 is 15.1 Å². The van der Waals surface area contributed by atoms with Crippen LogP contribution in [0.15, 0.2) is 23.2 Å². The lowest BCUT2D eigenvalue weighted by molar-refractivity contribution is -0.135. The smallest absolute Gasteiger partial charge is 0.239 e. The van der Waals surface area contributed by atoms with E-state index in [0.717, 1.165) is 52.1 Å². The molecule has 2 heterocycles. The topological polar surface area (TPSA) is 75.0 Å². The molecule has 1 aromatic rings. The molecule has 8 heteroatoms. The molecule has 2 aliphatic heterocycles. The number of aliphatic imine (C=N–C) groups is 1. The third kappa shape index (κ3) is 5.04. The highest BCUT2D eigenvalue weighted by molar-refractivity contribution is 5.82. The number of nitriles is 1. The third-order valence-corrected chi connectivity index (χ3v) is 5.76. The number of carbonyl (C=O) groups is 1. The van der Waals surface area contributed by atoms with Gasteiger partial charge in [-0.15, -0.1) is 0 Å². The van der Waals surface area contributed by atoms with Gasteiger partial charge in [-0.1, -0.05) is 0 Å². The number of halogens is 1. The van der Waals surface area contributed by atoms with E-state index >= 15 is 0 Å². The highest BCUT2D eigenvalue weighted by atomic mass is 19.1. The van der Waals surface area contributed by atoms with Crippen molar-refractivity contribution in [2.24, 2.45) is 4.99 Å². The molecule has 1 atom stereocenters. The maximum atomic E-state index is 14.0. The van der Waals surface area contributed by atoms with Crippen molar-refractivity contribution < 1.29 is 9.18 Å². The fourth-order valence-electron chi connectivity index (χ4n) is 3.97. The molecule has 2 aliphatic rings. The Hall–Kier alpha value is -2.66. The lowest BCUT2D eigenvalue weighted by Gasteiger charge is -2.39. The first kappa shape index (κ1) is 21.1. The van der Waals surface area contributed by atoms with E-state index < -0.39 is 0 Å². The summed E-state index contributed by atoms with van der Waals surface area (Å²) in [6.45, 7) is 7.06. The molecule has 0 radical (unpaired) electrons. The first-order valence-electron chi connectivity index (χ1n) is 10.2. The quantitative estimate of drug-likeness (QED) is 0.611. The Kier molecular flexibility index (Phi) is 7.04. The van der Waals surface area contributed by atoms with Crippen LogP contribution in [-0.2, 0) is 11.3 Å². The van der Waals surface area contributed by atoms with Gasteiger partial charge in [-0.25, -0.2) is 4.39 Å². The van der Waals surface area contributed by atoms with E-state index in [0.29, 0.717) is 17.1 Å². The average molecular weight is 401 g/mol. The van der Waals surface area contributed by atoms with Gasteiger partial charge in [0, 0.05) is 58.4 Å². The molecule has 3 rings (SSSR count). The van der Waals surface area contributed by atoms with Crippen molar-refractivity contribution in [3.05, 3.63) is 35.1 Å². The summed E-state index contributed by atoms with van der Waals surface area (Å²) in [5.74, 6) is 0.585. The van der Waals surface area contributed by atoms with Crippen molar-refractivity contribution in [3.8, 4) is 6.07 Å². The van der Waals surface area contributed by atoms with Crippen molar-refractivity contribution in [2.45, 2.75) is 32.4 Å². The number of nitrogens with zero attached hydrogens (tertiary/aromatic N) is 5. The monoisotopic (exact) mass is 400 g/mol. The van der Waals surface area contributed by atoms with Gasteiger partial charge in [-0.05, 0) is 38.0 Å². The summed E-state index contributed by atoms with van der Waals surface area (Å²) in [4.78, 5) is 23.3. The van der Waals surface area contributed by atoms with E-state index in [1.165, 1.54) is 12.1 Å². The summed E-state index contributed by atoms with van der Waals surface area (Å²) >= 11 is 0. The molecule has 0 spiro atoms. The van der Waals surface area contributed by atoms with Crippen LogP contribution in [0.2, 0.25) is 0 Å². The van der Waals surface area contributed by atoms with E-state index in [1.54, 1.807) is 13.1 Å². The number of guanidine groups is 1. The second-order valence-electron chi connectivity index (χ2n) is 7.55. The van der Waals surface area contributed by atoms with E-state index in [4.69, 9.17) is 5.26 Å². The van der Waals surface area contributed by atoms with Crippen LogP contribution in [0, 0.1) is 17.1 Å². The molecule has 0 aromatic heterocycles. The maximum Gasteiger partial charge on any atom is 0.239 e. The molecule has 2 saturated heterocycles. The van der Waals surface area contributed by atoms with E-state index in [1.807, 2.05) is 17.9 Å². The van der Waals surface area contributed by atoms with Gasteiger partial charge in [0.05, 0.1) is 17.7 Å². The summed E-state index contributed by atoms with van der Waals surface area (Å²) in [5.41, 5.74) is 0.872. The number of likely N-dealkylation sites (tertiary alicyclic amines) is 1. The molecule has 29 heavy (non-hydrogen) atoms. The van der Waals surface area contributed by atoms with E-state index in [-0.39, 0.29) is 24.3 Å². The van der Waals surface area contributed by atoms with Crippen molar-refractivity contribution in [1.29, 1.82) is 5.26 Å². The van der Waals surface area contributed by atoms with Crippen LogP contribution in [-0.4, -0.2) is 78.9 Å². The largest absolute Gasteiger partial charge is 0.352 e. The second-order valence-corrected chi connectivity index (χ2v) is 7.55. The molecular formula is C21H29FN6O. The number of hydrogen-bond donors (Lipinski definition) is 1. The van der Waals surface area contributed by atoms with Crippen LogP contribution in [0.5, 0.6) is 0 Å². The molecule has 156 valence electrons. The molecule has 1 aromatic carbocycles. The Bertz CT molecular complexity index is 791. The van der Waals surface area contributed by atoms with E-state index in [2.05, 4.69) is 20.1 Å². The Morgan fingerprint density at radius 1 is 1.21 bits per heavy atom. The van der Waals surface area contributed by atoms with Crippen molar-refractivity contribution >= 4 is 11.9 Å². The molecule has 0 aliphatic carbocycles. The number of hydrogen-bond acceptors (Lipinski definition) is 4. The first-order valence-corrected chi connectivity index (χ1v) is 10.2. The molecule has 0 saturated carbocycles. The molecule has 0 bridgehead atoms. The predicted octanol–water partition coefficient (Wildman–Crippen LogP) is 1.40. The van der Waals surface area contributed by atoms with E-state index in [9.17, 15) is 9.18 Å². The predicted molar refractivity (Wildman–Crippen MR) is 110 cm³/mol. The van der Waals surface area contributed by atoms with Gasteiger partial charge in [-0.2, -0.15) is 5.26 Å². The molecule has 1 unspecified atom stereocenters. The van der Waals surface area contributed by atoms with Gasteiger partial charge in [0.2, 0.25) is 5.91 Å². The van der Waals surface area contributed by atoms with Crippen molar-refractivity contribution in [2.75, 3.05) is 46.3 Å². The Labute approximate surface area is 171 Å². The summed E-state index contributed by atoms with van der Waals surface area (Å²) in [5, 5.41) is 12.2. The molecule has 1 N–H and O–H groups in total. The zero-order valence-electron chi connectivity index (χ0n) is 17.2. The van der Waals surface area contributed by atoms with Gasteiger partial charge in [0.15, 0.2) is 5.96 Å². The van der Waals surface area contributed by atoms with Crippen LogP contribution < -0.4 is 5.32 Å². The highest BCUT2D eigenvalue weighted by Gasteiger charge is 2.30. The Morgan fingerprint density at radius 2 is 1.90 bits per heavy atom.